The van der Waals surface area contributed by atoms with E-state index in [1.807, 2.05) is 56.0 Å². The first-order valence-corrected chi connectivity index (χ1v) is 9.49. The fourth-order valence-electron chi connectivity index (χ4n) is 3.50. The summed E-state index contributed by atoms with van der Waals surface area (Å²) < 4.78 is 11.0. The monoisotopic (exact) mass is 377 g/mol. The first kappa shape index (κ1) is 18.2. The molecular weight excluding hydrogens is 354 g/mol. The maximum Gasteiger partial charge on any atom is 0.232 e. The van der Waals surface area contributed by atoms with Crippen molar-refractivity contribution < 1.29 is 14.1 Å². The van der Waals surface area contributed by atoms with Crippen LogP contribution in [0, 0.1) is 13.8 Å². The molecule has 2 heterocycles. The summed E-state index contributed by atoms with van der Waals surface area (Å²) in [7, 11) is 0. The average molecular weight is 377 g/mol. The Hall–Kier alpha value is -3.15. The smallest absolute Gasteiger partial charge is 0.232 e. The van der Waals surface area contributed by atoms with Crippen molar-refractivity contribution in [1.82, 2.24) is 10.1 Å². The Morgan fingerprint density at radius 3 is 2.71 bits per heavy atom. The van der Waals surface area contributed by atoms with E-state index in [4.69, 9.17) is 9.26 Å². The number of carbonyl (C=O) groups excluding carboxylic acids is 1. The van der Waals surface area contributed by atoms with Crippen LogP contribution in [0.3, 0.4) is 0 Å². The van der Waals surface area contributed by atoms with Crippen LogP contribution in [0.25, 0.3) is 11.4 Å². The number of carbonyl (C=O) groups is 1. The van der Waals surface area contributed by atoms with E-state index in [-0.39, 0.29) is 11.8 Å². The lowest BCUT2D eigenvalue weighted by atomic mass is 10.1. The van der Waals surface area contributed by atoms with Gasteiger partial charge in [0.2, 0.25) is 17.6 Å². The largest absolute Gasteiger partial charge is 0.494 e. The predicted octanol–water partition coefficient (Wildman–Crippen LogP) is 4.27. The number of rotatable bonds is 5. The Morgan fingerprint density at radius 2 is 1.96 bits per heavy atom. The van der Waals surface area contributed by atoms with Crippen LogP contribution >= 0.6 is 0 Å². The zero-order valence-electron chi connectivity index (χ0n) is 16.3. The fraction of sp³-hybridized carbons (Fsp3) is 0.318. The minimum Gasteiger partial charge on any atom is -0.494 e. The summed E-state index contributed by atoms with van der Waals surface area (Å²) in [5.41, 5.74) is 4.03. The zero-order valence-corrected chi connectivity index (χ0v) is 16.3. The molecule has 1 fully saturated rings. The van der Waals surface area contributed by atoms with Crippen molar-refractivity contribution in [3.63, 3.8) is 0 Å². The fourth-order valence-corrected chi connectivity index (χ4v) is 3.50. The summed E-state index contributed by atoms with van der Waals surface area (Å²) in [6, 6.07) is 13.7. The molecule has 1 atom stereocenters. The van der Waals surface area contributed by atoms with Gasteiger partial charge in [0.1, 0.15) is 5.75 Å². The predicted molar refractivity (Wildman–Crippen MR) is 107 cm³/mol. The highest BCUT2D eigenvalue weighted by molar-refractivity contribution is 5.97. The van der Waals surface area contributed by atoms with E-state index in [0.29, 0.717) is 31.3 Å². The second-order valence-electron chi connectivity index (χ2n) is 7.11. The topological polar surface area (TPSA) is 68.5 Å². The van der Waals surface area contributed by atoms with Crippen molar-refractivity contribution in [1.29, 1.82) is 0 Å². The summed E-state index contributed by atoms with van der Waals surface area (Å²) >= 11 is 0. The number of nitrogens with zero attached hydrogens (tertiary/aromatic N) is 3. The maximum atomic E-state index is 12.6. The van der Waals surface area contributed by atoms with Crippen LogP contribution in [0.1, 0.15) is 36.3 Å². The molecular formula is C22H23N3O3. The van der Waals surface area contributed by atoms with E-state index in [9.17, 15) is 4.79 Å². The van der Waals surface area contributed by atoms with Gasteiger partial charge in [0.25, 0.3) is 0 Å². The minimum atomic E-state index is -0.101. The third-order valence-electron chi connectivity index (χ3n) is 4.99. The summed E-state index contributed by atoms with van der Waals surface area (Å²) in [5.74, 6) is 1.82. The van der Waals surface area contributed by atoms with Gasteiger partial charge in [-0.1, -0.05) is 17.3 Å². The van der Waals surface area contributed by atoms with Crippen molar-refractivity contribution in [3.8, 4) is 17.1 Å². The SMILES string of the molecule is CCOc1ccc(-c2noc(C3CC(=O)N(c4cc(C)ccc4C)C3)n2)cc1. The molecule has 1 aliphatic rings. The molecule has 6 nitrogen and oxygen atoms in total. The number of aryl methyl sites for hydroxylation is 2. The molecule has 0 spiro atoms. The summed E-state index contributed by atoms with van der Waals surface area (Å²) in [6.07, 6.45) is 0.373. The van der Waals surface area contributed by atoms with Gasteiger partial charge in [-0.2, -0.15) is 4.98 Å². The summed E-state index contributed by atoms with van der Waals surface area (Å²) in [5, 5.41) is 4.10. The molecule has 3 aromatic rings. The average Bonchev–Trinajstić information content (AvgIpc) is 3.32. The Bertz CT molecular complexity index is 995. The minimum absolute atomic E-state index is 0.0829. The van der Waals surface area contributed by atoms with Gasteiger partial charge in [-0.3, -0.25) is 4.79 Å². The van der Waals surface area contributed by atoms with Crippen molar-refractivity contribution in [2.45, 2.75) is 33.1 Å². The van der Waals surface area contributed by atoms with Crippen LogP contribution < -0.4 is 9.64 Å². The third kappa shape index (κ3) is 3.50. The molecule has 0 radical (unpaired) electrons. The molecule has 1 aliphatic heterocycles. The summed E-state index contributed by atoms with van der Waals surface area (Å²) in [6.45, 7) is 7.17. The number of hydrogen-bond acceptors (Lipinski definition) is 5. The molecule has 2 aromatic carbocycles. The van der Waals surface area contributed by atoms with Crippen molar-refractivity contribution in [3.05, 3.63) is 59.5 Å². The van der Waals surface area contributed by atoms with E-state index in [0.717, 1.165) is 28.1 Å². The molecule has 1 saturated heterocycles. The van der Waals surface area contributed by atoms with Gasteiger partial charge in [0.05, 0.1) is 12.5 Å². The van der Waals surface area contributed by atoms with Crippen LogP contribution in [0.15, 0.2) is 47.0 Å². The molecule has 6 heteroatoms. The van der Waals surface area contributed by atoms with E-state index < -0.39 is 0 Å². The quantitative estimate of drug-likeness (QED) is 0.664. The van der Waals surface area contributed by atoms with Crippen LogP contribution in [-0.2, 0) is 4.79 Å². The number of ether oxygens (including phenoxy) is 1. The molecule has 1 unspecified atom stereocenters. The standard InChI is InChI=1S/C22H23N3O3/c1-4-27-18-9-7-16(8-10-18)21-23-22(28-24-21)17-12-20(26)25(13-17)19-11-14(2)5-6-15(19)3/h5-11,17H,4,12-13H2,1-3H3. The summed E-state index contributed by atoms with van der Waals surface area (Å²) in [4.78, 5) is 19.0. The highest BCUT2D eigenvalue weighted by atomic mass is 16.5. The third-order valence-corrected chi connectivity index (χ3v) is 4.99. The van der Waals surface area contributed by atoms with Crippen molar-refractivity contribution in [2.24, 2.45) is 0 Å². The first-order chi connectivity index (χ1) is 13.5. The number of amides is 1. The van der Waals surface area contributed by atoms with Crippen molar-refractivity contribution >= 4 is 11.6 Å². The molecule has 144 valence electrons. The second-order valence-corrected chi connectivity index (χ2v) is 7.11. The van der Waals surface area contributed by atoms with Gasteiger partial charge in [-0.05, 0) is 62.2 Å². The maximum absolute atomic E-state index is 12.6. The zero-order chi connectivity index (χ0) is 19.7. The van der Waals surface area contributed by atoms with Crippen LogP contribution in [0.5, 0.6) is 5.75 Å². The van der Waals surface area contributed by atoms with E-state index in [1.165, 1.54) is 0 Å². The van der Waals surface area contributed by atoms with E-state index in [1.54, 1.807) is 0 Å². The van der Waals surface area contributed by atoms with Gasteiger partial charge in [-0.15, -0.1) is 0 Å². The van der Waals surface area contributed by atoms with E-state index >= 15 is 0 Å². The number of benzene rings is 2. The number of aromatic nitrogens is 2. The highest BCUT2D eigenvalue weighted by Crippen LogP contribution is 2.34. The Morgan fingerprint density at radius 1 is 1.18 bits per heavy atom. The first-order valence-electron chi connectivity index (χ1n) is 9.49. The Kier molecular flexibility index (Phi) is 4.86. The normalized spacial score (nSPS) is 16.6. The van der Waals surface area contributed by atoms with Crippen LogP contribution in [0.4, 0.5) is 5.69 Å². The van der Waals surface area contributed by atoms with Gasteiger partial charge < -0.3 is 14.2 Å². The molecule has 0 N–H and O–H groups in total. The van der Waals surface area contributed by atoms with Gasteiger partial charge >= 0.3 is 0 Å². The molecule has 1 aromatic heterocycles. The Labute approximate surface area is 164 Å². The lowest BCUT2D eigenvalue weighted by Gasteiger charge is -2.19. The Balaban J connectivity index is 1.53. The lowest BCUT2D eigenvalue weighted by molar-refractivity contribution is -0.117. The molecule has 0 saturated carbocycles. The molecule has 1 amide bonds. The van der Waals surface area contributed by atoms with Gasteiger partial charge in [0.15, 0.2) is 0 Å². The lowest BCUT2D eigenvalue weighted by Crippen LogP contribution is -2.25. The van der Waals surface area contributed by atoms with Gasteiger partial charge in [-0.25, -0.2) is 0 Å². The molecule has 0 aliphatic carbocycles. The van der Waals surface area contributed by atoms with Crippen molar-refractivity contribution in [2.75, 3.05) is 18.1 Å². The van der Waals surface area contributed by atoms with E-state index in [2.05, 4.69) is 22.3 Å². The molecule has 28 heavy (non-hydrogen) atoms. The number of hydrogen-bond donors (Lipinski definition) is 0. The van der Waals surface area contributed by atoms with Crippen LogP contribution in [0.2, 0.25) is 0 Å². The highest BCUT2D eigenvalue weighted by Gasteiger charge is 2.35. The van der Waals surface area contributed by atoms with Gasteiger partial charge in [0, 0.05) is 24.2 Å². The molecule has 0 bridgehead atoms. The second kappa shape index (κ2) is 7.46. The van der Waals surface area contributed by atoms with Crippen LogP contribution in [-0.4, -0.2) is 29.2 Å². The molecule has 4 rings (SSSR count). The number of anilines is 1.